The van der Waals surface area contributed by atoms with Crippen LogP contribution in [0.4, 0.5) is 5.69 Å². The van der Waals surface area contributed by atoms with E-state index >= 15 is 0 Å². The summed E-state index contributed by atoms with van der Waals surface area (Å²) in [5, 5.41) is 10.3. The highest BCUT2D eigenvalue weighted by atomic mass is 16.5. The van der Waals surface area contributed by atoms with Gasteiger partial charge in [0.15, 0.2) is 17.3 Å². The van der Waals surface area contributed by atoms with Gasteiger partial charge < -0.3 is 19.5 Å². The number of hydrogen-bond donors (Lipinski definition) is 1. The molecule has 40 heavy (non-hydrogen) atoms. The van der Waals surface area contributed by atoms with Crippen molar-refractivity contribution in [2.45, 2.75) is 82.0 Å². The van der Waals surface area contributed by atoms with Crippen LogP contribution in [0.25, 0.3) is 0 Å². The smallest absolute Gasteiger partial charge is 0.227 e. The van der Waals surface area contributed by atoms with Crippen LogP contribution in [0.2, 0.25) is 0 Å². The molecule has 0 saturated heterocycles. The number of carbonyl (C=O) groups excluding carboxylic acids is 2. The maximum absolute atomic E-state index is 13.1. The molecule has 1 amide bonds. The van der Waals surface area contributed by atoms with Gasteiger partial charge in [-0.2, -0.15) is 0 Å². The largest absolute Gasteiger partial charge is 0.493 e. The number of unbranched alkanes of at least 4 members (excludes halogenated alkanes) is 2. The van der Waals surface area contributed by atoms with Crippen LogP contribution >= 0.6 is 0 Å². The summed E-state index contributed by atoms with van der Waals surface area (Å²) < 4.78 is 12.1. The fourth-order valence-electron chi connectivity index (χ4n) is 7.75. The number of nitrogens with zero attached hydrogens (tertiary/aromatic N) is 2. The molecule has 0 fully saturated rings. The fraction of sp³-hybridized carbons (Fsp3) is 0.515. The summed E-state index contributed by atoms with van der Waals surface area (Å²) in [4.78, 5) is 29.7. The van der Waals surface area contributed by atoms with E-state index in [2.05, 4.69) is 17.0 Å². The summed E-state index contributed by atoms with van der Waals surface area (Å²) in [6.07, 6.45) is 10.8. The molecule has 210 valence electrons. The fourth-order valence-corrected chi connectivity index (χ4v) is 7.75. The Morgan fingerprint density at radius 3 is 2.80 bits per heavy atom. The van der Waals surface area contributed by atoms with Gasteiger partial charge in [-0.05, 0) is 80.1 Å². The van der Waals surface area contributed by atoms with Crippen LogP contribution in [0.15, 0.2) is 36.4 Å². The summed E-state index contributed by atoms with van der Waals surface area (Å²) in [6.45, 7) is 3.58. The quantitative estimate of drug-likeness (QED) is 0.301. The van der Waals surface area contributed by atoms with E-state index in [0.717, 1.165) is 93.0 Å². The number of benzene rings is 2. The van der Waals surface area contributed by atoms with Gasteiger partial charge in [0.05, 0.1) is 24.3 Å². The second-order valence-electron chi connectivity index (χ2n) is 12.1. The zero-order valence-electron chi connectivity index (χ0n) is 23.3. The normalized spacial score (nSPS) is 26.1. The third-order valence-electron chi connectivity index (χ3n) is 9.79. The molecule has 0 bridgehead atoms. The Balaban J connectivity index is 0.970. The second-order valence-corrected chi connectivity index (χ2v) is 12.1. The predicted octanol–water partition coefficient (Wildman–Crippen LogP) is 4.50. The third-order valence-corrected chi connectivity index (χ3v) is 9.79. The van der Waals surface area contributed by atoms with E-state index in [0.29, 0.717) is 19.3 Å². The standard InChI is InChI=1S/C33H38N2O5/c1-39-27-8-6-23-20-34(16-13-33-12-10-25(36)19-28(33)40-32(27)30(23)33)14-4-2-3-5-26(37)24-17-21-7-9-29(38)35-15-11-22(18-24)31(21)35/h6,8,10,12,17-18,25,28,36H,2-5,7,9,11,13-16,19-20H2,1H3/t25-,28-,33-/m0/s1. The van der Waals surface area contributed by atoms with Crippen molar-refractivity contribution >= 4 is 17.4 Å². The molecule has 3 atom stereocenters. The van der Waals surface area contributed by atoms with Crippen molar-refractivity contribution in [2.24, 2.45) is 0 Å². The van der Waals surface area contributed by atoms with Gasteiger partial charge in [0.25, 0.3) is 0 Å². The lowest BCUT2D eigenvalue weighted by atomic mass is 9.69. The Hall–Kier alpha value is -3.16. The second kappa shape index (κ2) is 10.0. The van der Waals surface area contributed by atoms with E-state index in [4.69, 9.17) is 9.47 Å². The van der Waals surface area contributed by atoms with Gasteiger partial charge in [-0.15, -0.1) is 0 Å². The van der Waals surface area contributed by atoms with Gasteiger partial charge >= 0.3 is 0 Å². The van der Waals surface area contributed by atoms with Crippen LogP contribution in [0.3, 0.4) is 0 Å². The Labute approximate surface area is 235 Å². The Morgan fingerprint density at radius 1 is 1.10 bits per heavy atom. The maximum Gasteiger partial charge on any atom is 0.227 e. The van der Waals surface area contributed by atoms with Gasteiger partial charge in [-0.3, -0.25) is 14.5 Å². The highest BCUT2D eigenvalue weighted by Crippen LogP contribution is 2.55. The van der Waals surface area contributed by atoms with Gasteiger partial charge in [-0.1, -0.05) is 24.6 Å². The highest BCUT2D eigenvalue weighted by molar-refractivity contribution is 6.02. The number of rotatable bonds is 8. The number of amides is 1. The number of methoxy groups -OCH3 is 1. The average Bonchev–Trinajstić information content (AvgIpc) is 3.49. The summed E-state index contributed by atoms with van der Waals surface area (Å²) in [6, 6.07) is 8.27. The minimum absolute atomic E-state index is 0.0687. The van der Waals surface area contributed by atoms with Gasteiger partial charge in [-0.25, -0.2) is 0 Å². The highest BCUT2D eigenvalue weighted by Gasteiger charge is 2.52. The van der Waals surface area contributed by atoms with Crippen molar-refractivity contribution in [3.8, 4) is 11.5 Å². The first-order valence-corrected chi connectivity index (χ1v) is 14.9. The number of anilines is 1. The number of ketones is 1. The van der Waals surface area contributed by atoms with Crippen LogP contribution < -0.4 is 14.4 Å². The number of hydrogen-bond acceptors (Lipinski definition) is 6. The Kier molecular flexibility index (Phi) is 6.47. The molecule has 1 aliphatic carbocycles. The van der Waals surface area contributed by atoms with Crippen LogP contribution in [0.1, 0.15) is 77.6 Å². The molecule has 7 rings (SSSR count). The van der Waals surface area contributed by atoms with Crippen molar-refractivity contribution in [3.05, 3.63) is 64.2 Å². The van der Waals surface area contributed by atoms with E-state index in [1.807, 2.05) is 29.2 Å². The van der Waals surface area contributed by atoms with Crippen LogP contribution in [-0.4, -0.2) is 60.6 Å². The minimum atomic E-state index is -0.472. The van der Waals surface area contributed by atoms with Crippen LogP contribution in [0, 0.1) is 0 Å². The Bertz CT molecular complexity index is 1400. The monoisotopic (exact) mass is 542 g/mol. The van der Waals surface area contributed by atoms with Crippen molar-refractivity contribution in [1.29, 1.82) is 0 Å². The van der Waals surface area contributed by atoms with E-state index in [-0.39, 0.29) is 23.2 Å². The first kappa shape index (κ1) is 25.8. The van der Waals surface area contributed by atoms with Crippen LogP contribution in [0.5, 0.6) is 11.5 Å². The molecule has 1 spiro atoms. The van der Waals surface area contributed by atoms with E-state index < -0.39 is 6.10 Å². The molecule has 4 heterocycles. The number of carbonyl (C=O) groups is 2. The molecule has 2 aromatic rings. The zero-order chi connectivity index (χ0) is 27.4. The minimum Gasteiger partial charge on any atom is -0.493 e. The van der Waals surface area contributed by atoms with Crippen LogP contribution in [-0.2, 0) is 29.6 Å². The lowest BCUT2D eigenvalue weighted by Crippen LogP contribution is -2.43. The molecule has 5 aliphatic rings. The molecule has 7 nitrogen and oxygen atoms in total. The lowest BCUT2D eigenvalue weighted by Gasteiger charge is -2.35. The SMILES string of the molecule is COc1ccc2c3c1O[C@H]1C[C@@H](O)C=C[C@@]31CCN(CCCCCC(=O)c1cc3c4c(c1)CCN4C(=O)CC3)C2. The first-order chi connectivity index (χ1) is 19.5. The van der Waals surface area contributed by atoms with Crippen molar-refractivity contribution in [1.82, 2.24) is 4.90 Å². The summed E-state index contributed by atoms with van der Waals surface area (Å²) in [5.41, 5.74) is 6.55. The average molecular weight is 543 g/mol. The number of ether oxygens (including phenoxy) is 2. The molecule has 0 unspecified atom stereocenters. The van der Waals surface area contributed by atoms with Gasteiger partial charge in [0.2, 0.25) is 5.91 Å². The molecule has 0 radical (unpaired) electrons. The number of aliphatic hydroxyl groups excluding tert-OH is 1. The van der Waals surface area contributed by atoms with E-state index in [1.54, 1.807) is 7.11 Å². The predicted molar refractivity (Wildman–Crippen MR) is 152 cm³/mol. The summed E-state index contributed by atoms with van der Waals surface area (Å²) in [5.74, 6) is 2.06. The van der Waals surface area contributed by atoms with Crippen molar-refractivity contribution in [2.75, 3.05) is 31.6 Å². The Morgan fingerprint density at radius 2 is 1.95 bits per heavy atom. The number of aliphatic hydroxyl groups is 1. The van der Waals surface area contributed by atoms with Gasteiger partial charge in [0.1, 0.15) is 6.10 Å². The molecule has 7 heteroatoms. The molecule has 0 aromatic heterocycles. The van der Waals surface area contributed by atoms with E-state index in [1.165, 1.54) is 16.7 Å². The van der Waals surface area contributed by atoms with Gasteiger partial charge in [0, 0.05) is 43.5 Å². The number of aryl methyl sites for hydroxylation is 1. The first-order valence-electron chi connectivity index (χ1n) is 14.9. The molecule has 0 saturated carbocycles. The molecule has 4 aliphatic heterocycles. The molecule has 1 N–H and O–H groups in total. The molecular formula is C33H38N2O5. The summed E-state index contributed by atoms with van der Waals surface area (Å²) in [7, 11) is 1.69. The summed E-state index contributed by atoms with van der Waals surface area (Å²) >= 11 is 0. The van der Waals surface area contributed by atoms with Crippen molar-refractivity contribution in [3.63, 3.8) is 0 Å². The third kappa shape index (κ3) is 4.17. The molecular weight excluding hydrogens is 504 g/mol. The lowest BCUT2D eigenvalue weighted by molar-refractivity contribution is -0.118. The van der Waals surface area contributed by atoms with E-state index in [9.17, 15) is 14.7 Å². The maximum atomic E-state index is 13.1. The number of Topliss-reactive ketones (excluding diaryl/α,β-unsaturated/α-hetero) is 1. The van der Waals surface area contributed by atoms with Crippen molar-refractivity contribution < 1.29 is 24.2 Å². The molecule has 2 aromatic carbocycles. The topological polar surface area (TPSA) is 79.3 Å². The zero-order valence-corrected chi connectivity index (χ0v) is 23.3.